The van der Waals surface area contributed by atoms with Crippen LogP contribution in [0.1, 0.15) is 5.56 Å². The van der Waals surface area contributed by atoms with Gasteiger partial charge in [0, 0.05) is 27.6 Å². The minimum atomic E-state index is -0.291. The first-order valence-electron chi connectivity index (χ1n) is 19.6. The van der Waals surface area contributed by atoms with Crippen LogP contribution in [0.3, 0.4) is 0 Å². The van der Waals surface area contributed by atoms with E-state index in [1.54, 1.807) is 0 Å². The Balaban J connectivity index is 1.16. The molecule has 13 rings (SSSR count). The van der Waals surface area contributed by atoms with Gasteiger partial charge < -0.3 is 28.7 Å². The van der Waals surface area contributed by atoms with Gasteiger partial charge in [-0.25, -0.2) is 0 Å². The van der Waals surface area contributed by atoms with Crippen molar-refractivity contribution in [3.05, 3.63) is 175 Å². The zero-order valence-electron chi connectivity index (χ0n) is 31.3. The van der Waals surface area contributed by atoms with Crippen molar-refractivity contribution < 1.29 is 18.9 Å². The summed E-state index contributed by atoms with van der Waals surface area (Å²) in [5, 5.41) is 4.28. The van der Waals surface area contributed by atoms with Crippen molar-refractivity contribution >= 4 is 78.8 Å². The molecular weight excluding hydrogens is 715 g/mol. The summed E-state index contributed by atoms with van der Waals surface area (Å²) in [6.45, 7) is 1.80. The first-order valence-corrected chi connectivity index (χ1v) is 19.6. The number of para-hydroxylation sites is 6. The Morgan fingerprint density at radius 3 is 1.21 bits per heavy atom. The minimum Gasteiger partial charge on any atom is -0.454 e. The summed E-state index contributed by atoms with van der Waals surface area (Å²) in [5.41, 5.74) is 9.97. The molecule has 58 heavy (non-hydrogen) atoms. The molecule has 0 saturated carbocycles. The molecule has 0 aromatic heterocycles. The van der Waals surface area contributed by atoms with Crippen LogP contribution in [0.15, 0.2) is 170 Å². The number of benzene rings is 9. The van der Waals surface area contributed by atoms with Crippen LogP contribution in [-0.2, 0) is 0 Å². The third-order valence-corrected chi connectivity index (χ3v) is 11.9. The average Bonchev–Trinajstić information content (AvgIpc) is 3.28. The van der Waals surface area contributed by atoms with Gasteiger partial charge in [-0.3, -0.25) is 0 Å². The third kappa shape index (κ3) is 4.22. The number of anilines is 6. The molecule has 0 radical (unpaired) electrons. The van der Waals surface area contributed by atoms with Crippen molar-refractivity contribution in [3.63, 3.8) is 0 Å². The summed E-state index contributed by atoms with van der Waals surface area (Å²) in [6.07, 6.45) is 0. The van der Waals surface area contributed by atoms with Crippen molar-refractivity contribution in [2.45, 2.75) is 6.92 Å². The van der Waals surface area contributed by atoms with E-state index in [4.69, 9.17) is 18.9 Å². The molecule has 9 aromatic rings. The lowest BCUT2D eigenvalue weighted by Gasteiger charge is -2.41. The van der Waals surface area contributed by atoms with E-state index in [1.165, 1.54) is 0 Å². The maximum atomic E-state index is 7.20. The topological polar surface area (TPSA) is 43.4 Å². The van der Waals surface area contributed by atoms with Crippen molar-refractivity contribution in [2.24, 2.45) is 0 Å². The van der Waals surface area contributed by atoms with Crippen molar-refractivity contribution in [3.8, 4) is 46.0 Å². The van der Waals surface area contributed by atoms with Crippen LogP contribution in [0.5, 0.6) is 46.0 Å². The molecular formula is C51H31BN2O4. The molecule has 0 atom stereocenters. The van der Waals surface area contributed by atoms with Gasteiger partial charge >= 0.3 is 0 Å². The Morgan fingerprint density at radius 1 is 0.362 bits per heavy atom. The Hall–Kier alpha value is -7.64. The Morgan fingerprint density at radius 2 is 0.741 bits per heavy atom. The van der Waals surface area contributed by atoms with Crippen molar-refractivity contribution in [1.29, 1.82) is 0 Å². The highest BCUT2D eigenvalue weighted by Gasteiger charge is 2.48. The summed E-state index contributed by atoms with van der Waals surface area (Å²) < 4.78 is 28.5. The number of aryl methyl sites for hydroxylation is 1. The van der Waals surface area contributed by atoms with Crippen LogP contribution >= 0.6 is 0 Å². The second-order valence-electron chi connectivity index (χ2n) is 15.2. The van der Waals surface area contributed by atoms with Crippen LogP contribution in [-0.4, -0.2) is 6.71 Å². The lowest BCUT2D eigenvalue weighted by molar-refractivity contribution is 0.408. The summed E-state index contributed by atoms with van der Waals surface area (Å²) in [7, 11) is 0. The fourth-order valence-corrected chi connectivity index (χ4v) is 9.65. The highest BCUT2D eigenvalue weighted by Crippen LogP contribution is 2.60. The fraction of sp³-hybridized carbons (Fsp3) is 0.0196. The number of rotatable bonds is 2. The molecule has 6 nitrogen and oxygen atoms in total. The van der Waals surface area contributed by atoms with Gasteiger partial charge in [-0.15, -0.1) is 0 Å². The van der Waals surface area contributed by atoms with E-state index in [-0.39, 0.29) is 6.71 Å². The van der Waals surface area contributed by atoms with Crippen LogP contribution in [0.4, 0.5) is 34.1 Å². The zero-order chi connectivity index (χ0) is 38.1. The molecule has 0 fully saturated rings. The smallest absolute Gasteiger partial charge is 0.262 e. The number of ether oxygens (including phenoxy) is 4. The van der Waals surface area contributed by atoms with Gasteiger partial charge in [-0.1, -0.05) is 109 Å². The average molecular weight is 747 g/mol. The first kappa shape index (κ1) is 31.6. The van der Waals surface area contributed by atoms with E-state index in [2.05, 4.69) is 162 Å². The molecule has 4 aliphatic rings. The first-order chi connectivity index (χ1) is 28.7. The minimum absolute atomic E-state index is 0.291. The van der Waals surface area contributed by atoms with Gasteiger partial charge in [0.1, 0.15) is 22.9 Å². The molecule has 0 amide bonds. The maximum Gasteiger partial charge on any atom is 0.262 e. The van der Waals surface area contributed by atoms with Crippen LogP contribution in [0.25, 0.3) is 21.5 Å². The predicted octanol–water partition coefficient (Wildman–Crippen LogP) is 12.2. The second-order valence-corrected chi connectivity index (χ2v) is 15.2. The molecule has 0 bridgehead atoms. The molecule has 0 aliphatic carbocycles. The molecule has 0 spiro atoms. The van der Waals surface area contributed by atoms with Crippen LogP contribution in [0.2, 0.25) is 0 Å². The van der Waals surface area contributed by atoms with E-state index >= 15 is 0 Å². The Kier molecular flexibility index (Phi) is 6.36. The largest absolute Gasteiger partial charge is 0.454 e. The Labute approximate surface area is 334 Å². The van der Waals surface area contributed by atoms with Crippen molar-refractivity contribution in [1.82, 2.24) is 0 Å². The van der Waals surface area contributed by atoms with E-state index in [1.807, 2.05) is 24.3 Å². The lowest BCUT2D eigenvalue weighted by atomic mass is 9.33. The summed E-state index contributed by atoms with van der Waals surface area (Å²) >= 11 is 0. The maximum absolute atomic E-state index is 7.20. The molecule has 0 N–H and O–H groups in total. The van der Waals surface area contributed by atoms with Crippen LogP contribution < -0.4 is 45.1 Å². The van der Waals surface area contributed by atoms with Gasteiger partial charge in [0.15, 0.2) is 34.5 Å². The molecule has 7 heteroatoms. The molecule has 0 saturated heterocycles. The molecule has 9 aromatic carbocycles. The summed E-state index contributed by atoms with van der Waals surface area (Å²) in [6, 6.07) is 59.0. The van der Waals surface area contributed by atoms with Gasteiger partial charge in [0.05, 0.1) is 11.4 Å². The van der Waals surface area contributed by atoms with Gasteiger partial charge in [-0.05, 0) is 94.8 Å². The number of hydrogen-bond donors (Lipinski definition) is 0. The zero-order valence-corrected chi connectivity index (χ0v) is 31.3. The molecule has 4 heterocycles. The lowest BCUT2D eigenvalue weighted by Crippen LogP contribution is -2.58. The second kappa shape index (κ2) is 11.7. The normalized spacial score (nSPS) is 13.7. The number of nitrogens with zero attached hydrogens (tertiary/aromatic N) is 2. The number of hydrogen-bond acceptors (Lipinski definition) is 6. The molecule has 272 valence electrons. The third-order valence-electron chi connectivity index (χ3n) is 11.9. The van der Waals surface area contributed by atoms with Gasteiger partial charge in [0.25, 0.3) is 6.71 Å². The van der Waals surface area contributed by atoms with Crippen LogP contribution in [0, 0.1) is 6.92 Å². The van der Waals surface area contributed by atoms with E-state index in [0.29, 0.717) is 23.0 Å². The predicted molar refractivity (Wildman–Crippen MR) is 233 cm³/mol. The highest BCUT2D eigenvalue weighted by atomic mass is 16.5. The highest BCUT2D eigenvalue weighted by molar-refractivity contribution is 7.01. The quantitative estimate of drug-likeness (QED) is 0.164. The molecule has 0 unspecified atom stereocenters. The van der Waals surface area contributed by atoms with Crippen molar-refractivity contribution in [2.75, 3.05) is 9.80 Å². The van der Waals surface area contributed by atoms with E-state index < -0.39 is 0 Å². The fourth-order valence-electron chi connectivity index (χ4n) is 9.65. The summed E-state index contributed by atoms with van der Waals surface area (Å²) in [5.74, 6) is 5.79. The Bertz CT molecular complexity index is 3010. The summed E-state index contributed by atoms with van der Waals surface area (Å²) in [4.78, 5) is 4.62. The molecule has 4 aliphatic heterocycles. The van der Waals surface area contributed by atoms with Gasteiger partial charge in [-0.2, -0.15) is 0 Å². The standard InChI is InChI=1S/C51H31BN2O4/c1-30-28-41-45-42(29-30)58-49-44(34-21-9-11-23-36(34)47-51(49)56-40-27-15-13-25-38(40)54(47)32-18-6-3-7-19-32)52(45)43-33-20-8-10-22-35(33)46-50(48(43)57-41)55-39-26-14-12-24-37(39)53(46)31-16-4-2-5-17-31/h2-29H,1H3. The van der Waals surface area contributed by atoms with Gasteiger partial charge in [0.2, 0.25) is 0 Å². The van der Waals surface area contributed by atoms with E-state index in [9.17, 15) is 0 Å². The van der Waals surface area contributed by atoms with E-state index in [0.717, 1.165) is 101 Å². The monoisotopic (exact) mass is 746 g/mol. The number of fused-ring (bicyclic) bond motifs is 16. The SMILES string of the molecule is Cc1cc2c3c(c1)Oc1c4c(c5ccccc5c1B3c1c(c3c(c5ccccc15)N(c1ccccc1)c1ccccc1O3)O2)N(c1ccccc1)c1ccccc1O4.